The average Bonchev–Trinajstić information content (AvgIpc) is 2.75. The van der Waals surface area contributed by atoms with Crippen LogP contribution in [0.4, 0.5) is 4.79 Å². The number of hydrogen-bond acceptors (Lipinski definition) is 8. The molecule has 0 saturated carbocycles. The number of aliphatic hydroxyl groups excluding tert-OH is 1. The number of rotatable bonds is 12. The van der Waals surface area contributed by atoms with Gasteiger partial charge in [-0.05, 0) is 37.1 Å². The van der Waals surface area contributed by atoms with E-state index in [-0.39, 0.29) is 13.2 Å². The highest BCUT2D eigenvalue weighted by Crippen LogP contribution is 2.09. The smallest absolute Gasteiger partial charge is 0.412 e. The van der Waals surface area contributed by atoms with Crippen molar-refractivity contribution < 1.29 is 28.9 Å². The number of ether oxygens (including phenoxy) is 3. The first kappa shape index (κ1) is 23.1. The van der Waals surface area contributed by atoms with Crippen molar-refractivity contribution in [1.82, 2.24) is 10.6 Å². The minimum Gasteiger partial charge on any atom is -0.463 e. The summed E-state index contributed by atoms with van der Waals surface area (Å²) in [4.78, 5) is 23.5. The van der Waals surface area contributed by atoms with Crippen LogP contribution >= 0.6 is 0 Å². The third kappa shape index (κ3) is 9.37. The number of esters is 1. The molecule has 0 spiro atoms. The maximum atomic E-state index is 11.9. The van der Waals surface area contributed by atoms with Crippen molar-refractivity contribution in [1.29, 1.82) is 0 Å². The van der Waals surface area contributed by atoms with Crippen molar-refractivity contribution in [2.24, 2.45) is 5.73 Å². The predicted molar refractivity (Wildman–Crippen MR) is 110 cm³/mol. The molecule has 2 aromatic carbocycles. The fraction of sp³-hybridized carbons (Fsp3) is 0.333. The molecule has 2 atom stereocenters. The molecule has 0 bridgehead atoms. The van der Waals surface area contributed by atoms with Crippen LogP contribution in [-0.4, -0.2) is 49.3 Å². The largest absolute Gasteiger partial charge is 0.463 e. The lowest BCUT2D eigenvalue weighted by Crippen LogP contribution is -2.37. The van der Waals surface area contributed by atoms with E-state index >= 15 is 0 Å². The fourth-order valence-electron chi connectivity index (χ4n) is 2.38. The highest BCUT2D eigenvalue weighted by molar-refractivity contribution is 5.75. The van der Waals surface area contributed by atoms with Gasteiger partial charge in [-0.15, -0.1) is 0 Å². The Morgan fingerprint density at radius 1 is 0.967 bits per heavy atom. The first-order chi connectivity index (χ1) is 14.5. The fourth-order valence-corrected chi connectivity index (χ4v) is 2.38. The lowest BCUT2D eigenvalue weighted by Gasteiger charge is -2.16. The van der Waals surface area contributed by atoms with Crippen LogP contribution in [0.5, 0.6) is 11.5 Å². The number of carbonyl (C=O) groups is 2. The highest BCUT2D eigenvalue weighted by Gasteiger charge is 2.15. The molecule has 0 saturated heterocycles. The van der Waals surface area contributed by atoms with E-state index in [0.29, 0.717) is 30.9 Å². The maximum absolute atomic E-state index is 11.9. The summed E-state index contributed by atoms with van der Waals surface area (Å²) >= 11 is 0. The van der Waals surface area contributed by atoms with Gasteiger partial charge in [-0.2, -0.15) is 0 Å². The molecule has 1 amide bonds. The van der Waals surface area contributed by atoms with Crippen molar-refractivity contribution in [2.75, 3.05) is 19.7 Å². The van der Waals surface area contributed by atoms with E-state index in [1.807, 2.05) is 12.1 Å². The minimum atomic E-state index is -1.16. The zero-order valence-corrected chi connectivity index (χ0v) is 16.5. The van der Waals surface area contributed by atoms with Gasteiger partial charge in [0.05, 0.1) is 6.54 Å². The number of carbonyl (C=O) groups excluding carboxylic acids is 2. The molecule has 0 heterocycles. The highest BCUT2D eigenvalue weighted by atomic mass is 16.6. The topological polar surface area (TPSA) is 132 Å². The van der Waals surface area contributed by atoms with Crippen molar-refractivity contribution in [3.8, 4) is 11.5 Å². The molecule has 5 N–H and O–H groups in total. The number of hydrogen-bond donors (Lipinski definition) is 4. The Labute approximate surface area is 175 Å². The second-order valence-electron chi connectivity index (χ2n) is 6.28. The Morgan fingerprint density at radius 2 is 1.60 bits per heavy atom. The third-order valence-electron chi connectivity index (χ3n) is 3.87. The summed E-state index contributed by atoms with van der Waals surface area (Å²) < 4.78 is 15.3. The molecule has 162 valence electrons. The summed E-state index contributed by atoms with van der Waals surface area (Å²) in [6, 6.07) is 16.7. The summed E-state index contributed by atoms with van der Waals surface area (Å²) in [5, 5.41) is 15.0. The minimum absolute atomic E-state index is 0.0156. The monoisotopic (exact) mass is 417 g/mol. The van der Waals surface area contributed by atoms with E-state index in [1.54, 1.807) is 48.5 Å². The van der Waals surface area contributed by atoms with Crippen LogP contribution in [0, 0.1) is 0 Å². The molecule has 0 aliphatic carbocycles. The molecular weight excluding hydrogens is 390 g/mol. The maximum Gasteiger partial charge on any atom is 0.412 e. The number of para-hydroxylation sites is 2. The zero-order valence-electron chi connectivity index (χ0n) is 16.5. The average molecular weight is 417 g/mol. The van der Waals surface area contributed by atoms with Gasteiger partial charge in [-0.1, -0.05) is 36.4 Å². The van der Waals surface area contributed by atoms with Crippen LogP contribution in [0.25, 0.3) is 0 Å². The third-order valence-corrected chi connectivity index (χ3v) is 3.87. The number of amides is 1. The first-order valence-corrected chi connectivity index (χ1v) is 9.60. The van der Waals surface area contributed by atoms with E-state index in [0.717, 1.165) is 0 Å². The van der Waals surface area contributed by atoms with Gasteiger partial charge in [0.15, 0.2) is 0 Å². The van der Waals surface area contributed by atoms with Gasteiger partial charge < -0.3 is 30.4 Å². The van der Waals surface area contributed by atoms with Gasteiger partial charge in [0.1, 0.15) is 24.1 Å². The lowest BCUT2D eigenvalue weighted by molar-refractivity contribution is -0.145. The van der Waals surface area contributed by atoms with Gasteiger partial charge in [0.2, 0.25) is 0 Å². The normalized spacial score (nSPS) is 12.5. The summed E-state index contributed by atoms with van der Waals surface area (Å²) in [6.07, 6.45) is -0.887. The molecule has 0 radical (unpaired) electrons. The molecule has 2 aromatic rings. The molecule has 30 heavy (non-hydrogen) atoms. The number of nitrogens with two attached hydrogens (primary N) is 1. The van der Waals surface area contributed by atoms with Gasteiger partial charge in [-0.3, -0.25) is 10.1 Å². The van der Waals surface area contributed by atoms with Crippen LogP contribution in [0.1, 0.15) is 12.8 Å². The first-order valence-electron chi connectivity index (χ1n) is 9.60. The lowest BCUT2D eigenvalue weighted by atomic mass is 10.2. The second kappa shape index (κ2) is 13.2. The molecule has 0 aliphatic heterocycles. The van der Waals surface area contributed by atoms with Crippen molar-refractivity contribution in [2.45, 2.75) is 25.3 Å². The number of benzene rings is 2. The van der Waals surface area contributed by atoms with E-state index in [9.17, 15) is 14.7 Å². The van der Waals surface area contributed by atoms with Crippen LogP contribution in [0.3, 0.4) is 0 Å². The van der Waals surface area contributed by atoms with E-state index < -0.39 is 24.5 Å². The number of aliphatic hydroxyl groups is 1. The zero-order chi connectivity index (χ0) is 21.6. The summed E-state index contributed by atoms with van der Waals surface area (Å²) in [5.74, 6) is 0.398. The van der Waals surface area contributed by atoms with E-state index in [2.05, 4.69) is 10.6 Å². The van der Waals surface area contributed by atoms with Gasteiger partial charge in [0, 0.05) is 6.54 Å². The molecular formula is C21H27N3O6. The Bertz CT molecular complexity index is 760. The molecule has 0 aliphatic rings. The Balaban J connectivity index is 1.50. The molecule has 2 unspecified atom stereocenters. The van der Waals surface area contributed by atoms with Crippen molar-refractivity contribution >= 4 is 12.1 Å². The second-order valence-corrected chi connectivity index (χ2v) is 6.28. The Kier molecular flexibility index (Phi) is 10.1. The van der Waals surface area contributed by atoms with Crippen LogP contribution < -0.4 is 25.8 Å². The van der Waals surface area contributed by atoms with Crippen LogP contribution in [-0.2, 0) is 9.53 Å². The van der Waals surface area contributed by atoms with Gasteiger partial charge in [-0.25, -0.2) is 4.79 Å². The van der Waals surface area contributed by atoms with E-state index in [4.69, 9.17) is 19.9 Å². The number of nitrogens with one attached hydrogen (secondary N) is 2. The molecule has 0 aromatic heterocycles. The Morgan fingerprint density at radius 3 is 2.27 bits per heavy atom. The Hall–Kier alpha value is -3.14. The van der Waals surface area contributed by atoms with Gasteiger partial charge >= 0.3 is 12.1 Å². The SMILES string of the molecule is NC(CCCNC(O)Oc1ccccc1)C(=O)OCCNC(=O)Oc1ccccc1. The van der Waals surface area contributed by atoms with Gasteiger partial charge in [0.25, 0.3) is 6.41 Å². The molecule has 2 rings (SSSR count). The van der Waals surface area contributed by atoms with Crippen LogP contribution in [0.15, 0.2) is 60.7 Å². The quantitative estimate of drug-likeness (QED) is 0.231. The molecule has 0 fully saturated rings. The molecule has 9 heteroatoms. The summed E-state index contributed by atoms with van der Waals surface area (Å²) in [5.41, 5.74) is 5.79. The predicted octanol–water partition coefficient (Wildman–Crippen LogP) is 1.37. The summed E-state index contributed by atoms with van der Waals surface area (Å²) in [7, 11) is 0. The summed E-state index contributed by atoms with van der Waals surface area (Å²) in [6.45, 7) is 0.495. The van der Waals surface area contributed by atoms with Crippen molar-refractivity contribution in [3.05, 3.63) is 60.7 Å². The standard InChI is InChI=1S/C21H27N3O6/c22-18(12-7-13-23-20(26)29-16-8-3-1-4-9-16)19(25)28-15-14-24-21(27)30-17-10-5-2-6-11-17/h1-6,8-11,18,20,23,26H,7,12-15,22H2,(H,24,27). The molecule has 9 nitrogen and oxygen atoms in total. The van der Waals surface area contributed by atoms with Crippen LogP contribution in [0.2, 0.25) is 0 Å². The van der Waals surface area contributed by atoms with E-state index in [1.165, 1.54) is 0 Å². The van der Waals surface area contributed by atoms with Crippen molar-refractivity contribution in [3.63, 3.8) is 0 Å².